The molecule has 0 bridgehead atoms. The van der Waals surface area contributed by atoms with Crippen LogP contribution in [0, 0.1) is 5.82 Å². The van der Waals surface area contributed by atoms with Crippen LogP contribution in [0.15, 0.2) is 34.9 Å². The summed E-state index contributed by atoms with van der Waals surface area (Å²) < 4.78 is 18.6. The topological polar surface area (TPSA) is 67.2 Å². The van der Waals surface area contributed by atoms with Gasteiger partial charge in [0.1, 0.15) is 11.6 Å². The summed E-state index contributed by atoms with van der Waals surface area (Å²) in [7, 11) is 0. The number of nitrogens with one attached hydrogen (secondary N) is 2. The van der Waals surface area contributed by atoms with E-state index < -0.39 is 6.03 Å². The lowest BCUT2D eigenvalue weighted by atomic mass is 9.93. The summed E-state index contributed by atoms with van der Waals surface area (Å²) in [6.07, 6.45) is 0. The summed E-state index contributed by atoms with van der Waals surface area (Å²) >= 11 is 0. The van der Waals surface area contributed by atoms with Crippen molar-refractivity contribution in [3.05, 3.63) is 47.5 Å². The normalized spacial score (nSPS) is 11.2. The number of benzene rings is 1. The molecule has 2 rings (SSSR count). The molecule has 1 aromatic heterocycles. The molecule has 2 N–H and O–H groups in total. The van der Waals surface area contributed by atoms with Gasteiger partial charge in [0.05, 0.1) is 0 Å². The molecule has 21 heavy (non-hydrogen) atoms. The largest absolute Gasteiger partial charge is 0.359 e. The van der Waals surface area contributed by atoms with E-state index in [1.165, 1.54) is 6.07 Å². The fourth-order valence-electron chi connectivity index (χ4n) is 1.67. The number of aromatic nitrogens is 1. The number of nitrogens with zero attached hydrogens (tertiary/aromatic N) is 1. The van der Waals surface area contributed by atoms with Gasteiger partial charge in [0, 0.05) is 23.6 Å². The number of urea groups is 1. The van der Waals surface area contributed by atoms with Crippen LogP contribution in [-0.4, -0.2) is 11.2 Å². The first-order valence-corrected chi connectivity index (χ1v) is 6.62. The number of amides is 2. The predicted molar refractivity (Wildman–Crippen MR) is 77.5 cm³/mol. The second kappa shape index (κ2) is 5.95. The molecule has 0 atom stereocenters. The van der Waals surface area contributed by atoms with Gasteiger partial charge in [0.2, 0.25) is 0 Å². The van der Waals surface area contributed by atoms with Crippen LogP contribution in [0.5, 0.6) is 0 Å². The first-order chi connectivity index (χ1) is 9.86. The maximum Gasteiger partial charge on any atom is 0.320 e. The Morgan fingerprint density at radius 3 is 2.67 bits per heavy atom. The number of carbonyl (C=O) groups excluding carboxylic acids is 1. The molecule has 0 saturated carbocycles. The van der Waals surface area contributed by atoms with Gasteiger partial charge in [0.15, 0.2) is 5.82 Å². The maximum atomic E-state index is 13.4. The Kier molecular flexibility index (Phi) is 4.26. The van der Waals surface area contributed by atoms with Gasteiger partial charge in [-0.1, -0.05) is 44.1 Å². The first kappa shape index (κ1) is 15.0. The van der Waals surface area contributed by atoms with Crippen molar-refractivity contribution in [2.75, 3.05) is 5.32 Å². The zero-order valence-corrected chi connectivity index (χ0v) is 12.2. The number of halogens is 1. The molecule has 1 heterocycles. The van der Waals surface area contributed by atoms with Gasteiger partial charge in [-0.15, -0.1) is 0 Å². The molecule has 0 fully saturated rings. The van der Waals surface area contributed by atoms with Crippen LogP contribution in [0.3, 0.4) is 0 Å². The van der Waals surface area contributed by atoms with Crippen LogP contribution < -0.4 is 10.6 Å². The Labute approximate surface area is 122 Å². The van der Waals surface area contributed by atoms with Crippen molar-refractivity contribution in [2.24, 2.45) is 0 Å². The second-order valence-corrected chi connectivity index (χ2v) is 5.73. The summed E-state index contributed by atoms with van der Waals surface area (Å²) in [5, 5.41) is 8.89. The fraction of sp³-hybridized carbons (Fsp3) is 0.333. The average molecular weight is 291 g/mol. The molecular weight excluding hydrogens is 273 g/mol. The van der Waals surface area contributed by atoms with Gasteiger partial charge in [0.25, 0.3) is 0 Å². The Balaban J connectivity index is 1.90. The second-order valence-electron chi connectivity index (χ2n) is 5.73. The lowest BCUT2D eigenvalue weighted by Gasteiger charge is -2.12. The molecule has 1 aromatic carbocycles. The van der Waals surface area contributed by atoms with Gasteiger partial charge in [-0.2, -0.15) is 0 Å². The van der Waals surface area contributed by atoms with Gasteiger partial charge >= 0.3 is 6.03 Å². The molecule has 0 aliphatic rings. The molecule has 6 heteroatoms. The first-order valence-electron chi connectivity index (χ1n) is 6.62. The third kappa shape index (κ3) is 4.05. The van der Waals surface area contributed by atoms with Gasteiger partial charge < -0.3 is 9.84 Å². The van der Waals surface area contributed by atoms with Crippen molar-refractivity contribution in [2.45, 2.75) is 32.7 Å². The highest BCUT2D eigenvalue weighted by atomic mass is 19.1. The summed E-state index contributed by atoms with van der Waals surface area (Å²) in [5.74, 6) is 0.645. The van der Waals surface area contributed by atoms with E-state index in [4.69, 9.17) is 4.52 Å². The maximum absolute atomic E-state index is 13.4. The Morgan fingerprint density at radius 1 is 1.33 bits per heavy atom. The highest BCUT2D eigenvalue weighted by Gasteiger charge is 2.20. The number of hydrogen-bond acceptors (Lipinski definition) is 3. The molecule has 0 spiro atoms. The number of hydrogen-bond donors (Lipinski definition) is 2. The van der Waals surface area contributed by atoms with Crippen molar-refractivity contribution in [3.8, 4) is 0 Å². The van der Waals surface area contributed by atoms with E-state index in [0.717, 1.165) is 0 Å². The third-order valence-corrected chi connectivity index (χ3v) is 2.89. The van der Waals surface area contributed by atoms with Crippen LogP contribution >= 0.6 is 0 Å². The molecular formula is C15H18FN3O2. The van der Waals surface area contributed by atoms with E-state index >= 15 is 0 Å². The Hall–Kier alpha value is -2.37. The van der Waals surface area contributed by atoms with E-state index in [-0.39, 0.29) is 17.8 Å². The van der Waals surface area contributed by atoms with Crippen molar-refractivity contribution in [1.29, 1.82) is 0 Å². The van der Waals surface area contributed by atoms with E-state index in [9.17, 15) is 9.18 Å². The standard InChI is InChI=1S/C15H18FN3O2/c1-15(2,3)12-8-13(19-21-12)18-14(20)17-9-10-6-4-5-7-11(10)16/h4-8H,9H2,1-3H3,(H2,17,18,19,20). The molecule has 2 aromatic rings. The third-order valence-electron chi connectivity index (χ3n) is 2.89. The van der Waals surface area contributed by atoms with Crippen LogP contribution in [0.1, 0.15) is 32.1 Å². The zero-order valence-electron chi connectivity index (χ0n) is 12.2. The molecule has 2 amide bonds. The SMILES string of the molecule is CC(C)(C)c1cc(NC(=O)NCc2ccccc2F)no1. The number of rotatable bonds is 3. The zero-order chi connectivity index (χ0) is 15.5. The lowest BCUT2D eigenvalue weighted by Crippen LogP contribution is -2.28. The molecule has 0 saturated heterocycles. The van der Waals surface area contributed by atoms with E-state index in [2.05, 4.69) is 15.8 Å². The van der Waals surface area contributed by atoms with Crippen LogP contribution in [0.25, 0.3) is 0 Å². The molecule has 0 unspecified atom stereocenters. The van der Waals surface area contributed by atoms with Crippen LogP contribution in [0.4, 0.5) is 15.0 Å². The van der Waals surface area contributed by atoms with Gasteiger partial charge in [-0.3, -0.25) is 5.32 Å². The average Bonchev–Trinajstić information content (AvgIpc) is 2.86. The molecule has 0 radical (unpaired) electrons. The minimum Gasteiger partial charge on any atom is -0.359 e. The van der Waals surface area contributed by atoms with Crippen LogP contribution in [-0.2, 0) is 12.0 Å². The summed E-state index contributed by atoms with van der Waals surface area (Å²) in [6, 6.07) is 7.48. The van der Waals surface area contributed by atoms with Crippen molar-refractivity contribution < 1.29 is 13.7 Å². The molecule has 5 nitrogen and oxygen atoms in total. The summed E-state index contributed by atoms with van der Waals surface area (Å²) in [4.78, 5) is 11.7. The predicted octanol–water partition coefficient (Wildman–Crippen LogP) is 3.43. The van der Waals surface area contributed by atoms with Crippen molar-refractivity contribution in [1.82, 2.24) is 10.5 Å². The summed E-state index contributed by atoms with van der Waals surface area (Å²) in [5.41, 5.74) is 0.236. The van der Waals surface area contributed by atoms with Gasteiger partial charge in [-0.05, 0) is 6.07 Å². The Morgan fingerprint density at radius 2 is 2.05 bits per heavy atom. The molecule has 0 aliphatic heterocycles. The van der Waals surface area contributed by atoms with Gasteiger partial charge in [-0.25, -0.2) is 9.18 Å². The number of anilines is 1. The van der Waals surface area contributed by atoms with Crippen LogP contribution in [0.2, 0.25) is 0 Å². The minimum atomic E-state index is -0.466. The van der Waals surface area contributed by atoms with E-state index in [1.807, 2.05) is 20.8 Å². The van der Waals surface area contributed by atoms with Crippen molar-refractivity contribution in [3.63, 3.8) is 0 Å². The Bertz CT molecular complexity index is 632. The monoisotopic (exact) mass is 291 g/mol. The molecule has 0 aliphatic carbocycles. The quantitative estimate of drug-likeness (QED) is 0.910. The minimum absolute atomic E-state index is 0.0997. The van der Waals surface area contributed by atoms with E-state index in [0.29, 0.717) is 17.1 Å². The number of carbonyl (C=O) groups is 1. The lowest BCUT2D eigenvalue weighted by molar-refractivity contribution is 0.251. The van der Waals surface area contributed by atoms with Crippen molar-refractivity contribution >= 4 is 11.8 Å². The smallest absolute Gasteiger partial charge is 0.320 e. The molecule has 112 valence electrons. The summed E-state index contributed by atoms with van der Waals surface area (Å²) in [6.45, 7) is 6.04. The fourth-order valence-corrected chi connectivity index (χ4v) is 1.67. The highest BCUT2D eigenvalue weighted by molar-refractivity contribution is 5.88. The van der Waals surface area contributed by atoms with E-state index in [1.54, 1.807) is 24.3 Å². The highest BCUT2D eigenvalue weighted by Crippen LogP contribution is 2.24.